The highest BCUT2D eigenvalue weighted by molar-refractivity contribution is 7.91. The third-order valence-electron chi connectivity index (χ3n) is 4.84. The van der Waals surface area contributed by atoms with Gasteiger partial charge in [0.25, 0.3) is 5.91 Å². The molecular weight excluding hydrogens is 370 g/mol. The van der Waals surface area contributed by atoms with Crippen molar-refractivity contribution in [3.63, 3.8) is 0 Å². The van der Waals surface area contributed by atoms with E-state index in [-0.39, 0.29) is 30.6 Å². The van der Waals surface area contributed by atoms with E-state index in [4.69, 9.17) is 13.9 Å². The predicted molar refractivity (Wildman–Crippen MR) is 97.4 cm³/mol. The number of hydrogen-bond acceptors (Lipinski definition) is 6. The average Bonchev–Trinajstić information content (AvgIpc) is 3.23. The van der Waals surface area contributed by atoms with Crippen LogP contribution in [0, 0.1) is 6.92 Å². The van der Waals surface area contributed by atoms with E-state index in [1.54, 1.807) is 23.1 Å². The van der Waals surface area contributed by atoms with Gasteiger partial charge in [0.05, 0.1) is 18.1 Å². The van der Waals surface area contributed by atoms with Crippen LogP contribution in [0.5, 0.6) is 11.5 Å². The first kappa shape index (κ1) is 17.9. The Morgan fingerprint density at radius 1 is 1.19 bits per heavy atom. The van der Waals surface area contributed by atoms with E-state index in [0.29, 0.717) is 23.7 Å². The molecule has 8 heteroatoms. The van der Waals surface area contributed by atoms with Gasteiger partial charge in [-0.2, -0.15) is 0 Å². The highest BCUT2D eigenvalue weighted by Crippen LogP contribution is 2.32. The van der Waals surface area contributed by atoms with Gasteiger partial charge in [-0.3, -0.25) is 4.79 Å². The van der Waals surface area contributed by atoms with Crippen LogP contribution in [0.4, 0.5) is 0 Å². The maximum Gasteiger partial charge on any atom is 0.267 e. The minimum absolute atomic E-state index is 0.0391. The van der Waals surface area contributed by atoms with Crippen LogP contribution >= 0.6 is 0 Å². The zero-order valence-corrected chi connectivity index (χ0v) is 15.8. The van der Waals surface area contributed by atoms with E-state index in [2.05, 4.69) is 0 Å². The van der Waals surface area contributed by atoms with Crippen molar-refractivity contribution in [2.45, 2.75) is 32.0 Å². The monoisotopic (exact) mass is 391 g/mol. The van der Waals surface area contributed by atoms with Crippen LogP contribution in [0.25, 0.3) is 0 Å². The lowest BCUT2D eigenvalue weighted by Gasteiger charge is -2.33. The second-order valence-corrected chi connectivity index (χ2v) is 9.13. The SMILES string of the molecule is Cc1ccc(CN(C(=O)C2COc3ccccc3O2)C2CCS(=O)(=O)C2)o1. The molecule has 4 rings (SSSR count). The number of ether oxygens (including phenoxy) is 2. The maximum atomic E-state index is 13.2. The molecule has 144 valence electrons. The summed E-state index contributed by atoms with van der Waals surface area (Å²) in [5.74, 6) is 2.21. The van der Waals surface area contributed by atoms with Gasteiger partial charge >= 0.3 is 0 Å². The molecule has 0 aliphatic carbocycles. The van der Waals surface area contributed by atoms with Crippen molar-refractivity contribution >= 4 is 15.7 Å². The quantitative estimate of drug-likeness (QED) is 0.792. The van der Waals surface area contributed by atoms with Gasteiger partial charge in [-0.15, -0.1) is 0 Å². The number of rotatable bonds is 4. The normalized spacial score (nSPS) is 23.1. The Morgan fingerprint density at radius 2 is 1.96 bits per heavy atom. The van der Waals surface area contributed by atoms with Crippen molar-refractivity contribution in [1.29, 1.82) is 0 Å². The van der Waals surface area contributed by atoms with Crippen molar-refractivity contribution in [3.05, 3.63) is 47.9 Å². The first-order valence-corrected chi connectivity index (χ1v) is 10.7. The molecule has 1 aromatic heterocycles. The minimum atomic E-state index is -3.14. The fourth-order valence-electron chi connectivity index (χ4n) is 3.47. The summed E-state index contributed by atoms with van der Waals surface area (Å²) in [6.07, 6.45) is -0.406. The predicted octanol–water partition coefficient (Wildman–Crippen LogP) is 1.94. The average molecular weight is 391 g/mol. The molecule has 0 N–H and O–H groups in total. The smallest absolute Gasteiger partial charge is 0.267 e. The zero-order valence-electron chi connectivity index (χ0n) is 15.0. The van der Waals surface area contributed by atoms with Gasteiger partial charge < -0.3 is 18.8 Å². The molecule has 1 saturated heterocycles. The Balaban J connectivity index is 1.57. The van der Waals surface area contributed by atoms with E-state index in [1.807, 2.05) is 25.1 Å². The molecule has 1 fully saturated rings. The van der Waals surface area contributed by atoms with Crippen LogP contribution in [-0.4, -0.2) is 49.5 Å². The number of para-hydroxylation sites is 2. The van der Waals surface area contributed by atoms with E-state index < -0.39 is 22.0 Å². The van der Waals surface area contributed by atoms with Crippen LogP contribution in [0.2, 0.25) is 0 Å². The third-order valence-corrected chi connectivity index (χ3v) is 6.59. The first-order chi connectivity index (χ1) is 12.9. The summed E-state index contributed by atoms with van der Waals surface area (Å²) in [6, 6.07) is 10.4. The van der Waals surface area contributed by atoms with Crippen molar-refractivity contribution in [3.8, 4) is 11.5 Å². The molecule has 2 aromatic rings. The molecule has 2 aliphatic rings. The molecule has 0 radical (unpaired) electrons. The van der Waals surface area contributed by atoms with Gasteiger partial charge in [0.15, 0.2) is 21.3 Å². The van der Waals surface area contributed by atoms with Crippen LogP contribution < -0.4 is 9.47 Å². The van der Waals surface area contributed by atoms with Crippen molar-refractivity contribution in [2.24, 2.45) is 0 Å². The Bertz CT molecular complexity index is 951. The second-order valence-electron chi connectivity index (χ2n) is 6.90. The second kappa shape index (κ2) is 6.92. The lowest BCUT2D eigenvalue weighted by molar-refractivity contribution is -0.144. The molecule has 0 saturated carbocycles. The summed E-state index contributed by atoms with van der Waals surface area (Å²) in [5.41, 5.74) is 0. The molecule has 1 aromatic carbocycles. The topological polar surface area (TPSA) is 86.0 Å². The number of carbonyl (C=O) groups is 1. The summed E-state index contributed by atoms with van der Waals surface area (Å²) in [6.45, 7) is 2.11. The van der Waals surface area contributed by atoms with Gasteiger partial charge in [-0.05, 0) is 37.6 Å². The zero-order chi connectivity index (χ0) is 19.0. The minimum Gasteiger partial charge on any atom is -0.485 e. The van der Waals surface area contributed by atoms with Crippen LogP contribution in [0.15, 0.2) is 40.8 Å². The first-order valence-electron chi connectivity index (χ1n) is 8.86. The number of fused-ring (bicyclic) bond motifs is 1. The van der Waals surface area contributed by atoms with Crippen molar-refractivity contribution in [1.82, 2.24) is 4.90 Å². The summed E-state index contributed by atoms with van der Waals surface area (Å²) in [7, 11) is -3.14. The molecule has 7 nitrogen and oxygen atoms in total. The van der Waals surface area contributed by atoms with Gasteiger partial charge in [0.1, 0.15) is 18.1 Å². The number of benzene rings is 1. The maximum absolute atomic E-state index is 13.2. The van der Waals surface area contributed by atoms with E-state index in [1.165, 1.54) is 0 Å². The third kappa shape index (κ3) is 3.80. The summed E-state index contributed by atoms with van der Waals surface area (Å²) in [4.78, 5) is 14.8. The number of hydrogen-bond donors (Lipinski definition) is 0. The molecule has 0 bridgehead atoms. The molecule has 2 atom stereocenters. The van der Waals surface area contributed by atoms with Crippen molar-refractivity contribution < 1.29 is 27.1 Å². The Labute approximate surface area is 157 Å². The molecule has 3 heterocycles. The Kier molecular flexibility index (Phi) is 4.59. The lowest BCUT2D eigenvalue weighted by Crippen LogP contribution is -2.50. The summed E-state index contributed by atoms with van der Waals surface area (Å²) < 4.78 is 41.0. The standard InChI is InChI=1S/C19H21NO6S/c1-13-6-7-15(25-13)10-20(14-8-9-27(22,23)12-14)19(21)18-11-24-16-4-2-3-5-17(16)26-18/h2-7,14,18H,8-12H2,1H3. The number of furan rings is 1. The fraction of sp³-hybridized carbons (Fsp3) is 0.421. The van der Waals surface area contributed by atoms with E-state index in [0.717, 1.165) is 5.76 Å². The fourth-order valence-corrected chi connectivity index (χ4v) is 5.20. The number of sulfone groups is 1. The van der Waals surface area contributed by atoms with Crippen molar-refractivity contribution in [2.75, 3.05) is 18.1 Å². The van der Waals surface area contributed by atoms with Gasteiger partial charge in [-0.1, -0.05) is 12.1 Å². The van der Waals surface area contributed by atoms with Crippen LogP contribution in [-0.2, 0) is 21.2 Å². The molecule has 1 amide bonds. The molecule has 2 unspecified atom stereocenters. The van der Waals surface area contributed by atoms with Gasteiger partial charge in [-0.25, -0.2) is 8.42 Å². The summed E-state index contributed by atoms with van der Waals surface area (Å²) in [5, 5.41) is 0. The number of carbonyl (C=O) groups excluding carboxylic acids is 1. The summed E-state index contributed by atoms with van der Waals surface area (Å²) >= 11 is 0. The Morgan fingerprint density at radius 3 is 2.63 bits per heavy atom. The van der Waals surface area contributed by atoms with Crippen LogP contribution in [0.1, 0.15) is 17.9 Å². The number of aryl methyl sites for hydroxylation is 1. The highest BCUT2D eigenvalue weighted by atomic mass is 32.2. The van der Waals surface area contributed by atoms with Gasteiger partial charge in [0.2, 0.25) is 6.10 Å². The molecule has 0 spiro atoms. The highest BCUT2D eigenvalue weighted by Gasteiger charge is 2.39. The lowest BCUT2D eigenvalue weighted by atomic mass is 10.1. The van der Waals surface area contributed by atoms with Crippen LogP contribution in [0.3, 0.4) is 0 Å². The molecule has 2 aliphatic heterocycles. The largest absolute Gasteiger partial charge is 0.485 e. The molecule has 27 heavy (non-hydrogen) atoms. The van der Waals surface area contributed by atoms with E-state index >= 15 is 0 Å². The van der Waals surface area contributed by atoms with E-state index in [9.17, 15) is 13.2 Å². The molecular formula is C19H21NO6S. The number of nitrogens with zero attached hydrogens (tertiary/aromatic N) is 1. The number of amides is 1. The van der Waals surface area contributed by atoms with Gasteiger partial charge in [0, 0.05) is 6.04 Å². The Hall–Kier alpha value is -2.48.